The van der Waals surface area contributed by atoms with Crippen LogP contribution in [-0.2, 0) is 9.53 Å². The largest absolute Gasteiger partial charge is 0.481 e. The van der Waals surface area contributed by atoms with Crippen molar-refractivity contribution in [1.82, 2.24) is 0 Å². The third-order valence-electron chi connectivity index (χ3n) is 0.828. The number of hydrogen-bond donors (Lipinski definition) is 1. The first-order valence-corrected chi connectivity index (χ1v) is 3.32. The van der Waals surface area contributed by atoms with Crippen LogP contribution in [0.3, 0.4) is 0 Å². The van der Waals surface area contributed by atoms with Gasteiger partial charge in [0.05, 0.1) is 0 Å². The van der Waals surface area contributed by atoms with Gasteiger partial charge in [-0.2, -0.15) is 0 Å². The van der Waals surface area contributed by atoms with E-state index in [4.69, 9.17) is 9.84 Å². The molecule has 0 saturated heterocycles. The summed E-state index contributed by atoms with van der Waals surface area (Å²) >= 11 is 0. The lowest BCUT2D eigenvalue weighted by Crippen LogP contribution is -1.94. The lowest BCUT2D eigenvalue weighted by molar-refractivity contribution is -0.135. The zero-order valence-electron chi connectivity index (χ0n) is 6.30. The molecule has 61 valence electrons. The van der Waals surface area contributed by atoms with Crippen molar-refractivity contribution < 1.29 is 14.6 Å². The molecule has 3 heteroatoms. The van der Waals surface area contributed by atoms with Crippen molar-refractivity contribution in [3.8, 4) is 11.8 Å². The molecule has 0 spiro atoms. The molecule has 0 heterocycles. The molecule has 0 aromatic heterocycles. The molecule has 0 aromatic carbocycles. The van der Waals surface area contributed by atoms with E-state index in [-0.39, 0.29) is 6.42 Å². The molecule has 1 N–H and O–H groups in total. The van der Waals surface area contributed by atoms with Gasteiger partial charge in [0.25, 0.3) is 0 Å². The molecule has 0 atom stereocenters. The van der Waals surface area contributed by atoms with Crippen molar-refractivity contribution in [2.75, 3.05) is 13.2 Å². The van der Waals surface area contributed by atoms with Crippen LogP contribution in [0, 0.1) is 18.8 Å². The second kappa shape index (κ2) is 7.10. The van der Waals surface area contributed by atoms with Crippen LogP contribution in [0.2, 0.25) is 0 Å². The standard InChI is InChI=1S/C8H11O3/c1-2-6-11-7-4-3-5-8(9)10/h1-2,5-7H2,(H,9,10). The van der Waals surface area contributed by atoms with Gasteiger partial charge >= 0.3 is 5.97 Å². The third-order valence-corrected chi connectivity index (χ3v) is 0.828. The van der Waals surface area contributed by atoms with Crippen LogP contribution in [0.4, 0.5) is 0 Å². The Kier molecular flexibility index (Phi) is 6.45. The Bertz CT molecular complexity index is 164. The molecule has 0 aromatic rings. The Labute approximate surface area is 66.4 Å². The van der Waals surface area contributed by atoms with Gasteiger partial charge < -0.3 is 9.84 Å². The second-order valence-electron chi connectivity index (χ2n) is 1.83. The smallest absolute Gasteiger partial charge is 0.315 e. The molecule has 1 radical (unpaired) electrons. The van der Waals surface area contributed by atoms with Crippen LogP contribution < -0.4 is 0 Å². The fraction of sp³-hybridized carbons (Fsp3) is 0.500. The SMILES string of the molecule is [CH2]CCOCC#CCC(=O)O. The number of carbonyl (C=O) groups is 1. The highest BCUT2D eigenvalue weighted by atomic mass is 16.5. The Balaban J connectivity index is 3.19. The maximum absolute atomic E-state index is 9.93. The van der Waals surface area contributed by atoms with Crippen molar-refractivity contribution in [3.05, 3.63) is 6.92 Å². The minimum atomic E-state index is -0.908. The fourth-order valence-corrected chi connectivity index (χ4v) is 0.414. The van der Waals surface area contributed by atoms with E-state index in [1.807, 2.05) is 0 Å². The van der Waals surface area contributed by atoms with E-state index >= 15 is 0 Å². The first-order valence-electron chi connectivity index (χ1n) is 3.32. The van der Waals surface area contributed by atoms with Crippen LogP contribution >= 0.6 is 0 Å². The van der Waals surface area contributed by atoms with E-state index in [0.717, 1.165) is 0 Å². The summed E-state index contributed by atoms with van der Waals surface area (Å²) in [6, 6.07) is 0. The van der Waals surface area contributed by atoms with E-state index in [9.17, 15) is 4.79 Å². The topological polar surface area (TPSA) is 46.5 Å². The molecule has 0 rings (SSSR count). The Morgan fingerprint density at radius 1 is 1.55 bits per heavy atom. The molecule has 0 aliphatic carbocycles. The molecule has 0 bridgehead atoms. The molecule has 0 saturated carbocycles. The van der Waals surface area contributed by atoms with Gasteiger partial charge in [-0.15, -0.1) is 0 Å². The van der Waals surface area contributed by atoms with Crippen LogP contribution in [0.15, 0.2) is 0 Å². The Morgan fingerprint density at radius 3 is 2.82 bits per heavy atom. The number of carboxylic acids is 1. The average molecular weight is 155 g/mol. The molecule has 0 fully saturated rings. The highest BCUT2D eigenvalue weighted by molar-refractivity contribution is 5.69. The average Bonchev–Trinajstić information content (AvgIpc) is 1.96. The summed E-state index contributed by atoms with van der Waals surface area (Å²) in [7, 11) is 0. The minimum Gasteiger partial charge on any atom is -0.481 e. The summed E-state index contributed by atoms with van der Waals surface area (Å²) in [5.74, 6) is 4.11. The molecule has 0 aliphatic heterocycles. The molecule has 0 amide bonds. The van der Waals surface area contributed by atoms with E-state index < -0.39 is 5.97 Å². The van der Waals surface area contributed by atoms with Gasteiger partial charge in [0.15, 0.2) is 0 Å². The Morgan fingerprint density at radius 2 is 2.27 bits per heavy atom. The lowest BCUT2D eigenvalue weighted by atomic mass is 10.4. The normalized spacial score (nSPS) is 8.45. The molecular formula is C8H11O3. The zero-order chi connectivity index (χ0) is 8.53. The molecule has 11 heavy (non-hydrogen) atoms. The van der Waals surface area contributed by atoms with Crippen molar-refractivity contribution in [3.63, 3.8) is 0 Å². The highest BCUT2D eigenvalue weighted by Gasteiger charge is 1.87. The summed E-state index contributed by atoms with van der Waals surface area (Å²) in [4.78, 5) is 9.93. The van der Waals surface area contributed by atoms with Crippen LogP contribution in [0.1, 0.15) is 12.8 Å². The summed E-state index contributed by atoms with van der Waals surface area (Å²) in [6.07, 6.45) is 0.592. The van der Waals surface area contributed by atoms with E-state index in [0.29, 0.717) is 19.6 Å². The Hall–Kier alpha value is -1.01. The first-order chi connectivity index (χ1) is 5.27. The van der Waals surface area contributed by atoms with Gasteiger partial charge in [0, 0.05) is 6.61 Å². The fourth-order valence-electron chi connectivity index (χ4n) is 0.414. The molecule has 0 aliphatic rings. The predicted molar refractivity (Wildman–Crippen MR) is 40.8 cm³/mol. The van der Waals surface area contributed by atoms with Crippen LogP contribution in [0.5, 0.6) is 0 Å². The van der Waals surface area contributed by atoms with E-state index in [2.05, 4.69) is 18.8 Å². The zero-order valence-corrected chi connectivity index (χ0v) is 6.30. The quantitative estimate of drug-likeness (QED) is 0.480. The van der Waals surface area contributed by atoms with Crippen LogP contribution in [0.25, 0.3) is 0 Å². The van der Waals surface area contributed by atoms with Gasteiger partial charge in [0.2, 0.25) is 0 Å². The van der Waals surface area contributed by atoms with Crippen LogP contribution in [-0.4, -0.2) is 24.3 Å². The predicted octanol–water partition coefficient (Wildman–Crippen LogP) is 0.705. The molecular weight excluding hydrogens is 144 g/mol. The highest BCUT2D eigenvalue weighted by Crippen LogP contribution is 1.78. The van der Waals surface area contributed by atoms with Gasteiger partial charge in [0.1, 0.15) is 13.0 Å². The van der Waals surface area contributed by atoms with Gasteiger partial charge in [-0.1, -0.05) is 18.8 Å². The van der Waals surface area contributed by atoms with Crippen molar-refractivity contribution in [2.24, 2.45) is 0 Å². The minimum absolute atomic E-state index is 0.117. The number of rotatable bonds is 4. The summed E-state index contributed by atoms with van der Waals surface area (Å²) in [6.45, 7) is 4.43. The maximum Gasteiger partial charge on any atom is 0.315 e. The molecule has 0 unspecified atom stereocenters. The van der Waals surface area contributed by atoms with E-state index in [1.54, 1.807) is 0 Å². The summed E-state index contributed by atoms with van der Waals surface area (Å²) in [5, 5.41) is 8.16. The van der Waals surface area contributed by atoms with Gasteiger partial charge in [-0.25, -0.2) is 0 Å². The number of aliphatic carboxylic acids is 1. The number of ether oxygens (including phenoxy) is 1. The second-order valence-corrected chi connectivity index (χ2v) is 1.83. The van der Waals surface area contributed by atoms with Gasteiger partial charge in [-0.05, 0) is 6.42 Å². The van der Waals surface area contributed by atoms with E-state index in [1.165, 1.54) is 0 Å². The monoisotopic (exact) mass is 155 g/mol. The number of hydrogen-bond acceptors (Lipinski definition) is 2. The summed E-state index contributed by atoms with van der Waals surface area (Å²) < 4.78 is 4.94. The first kappa shape index (κ1) is 9.99. The summed E-state index contributed by atoms with van der Waals surface area (Å²) in [5.41, 5.74) is 0. The maximum atomic E-state index is 9.93. The lowest BCUT2D eigenvalue weighted by Gasteiger charge is -1.92. The van der Waals surface area contributed by atoms with Crippen molar-refractivity contribution >= 4 is 5.97 Å². The molecule has 3 nitrogen and oxygen atoms in total. The number of carboxylic acid groups (broad SMARTS) is 1. The van der Waals surface area contributed by atoms with Gasteiger partial charge in [-0.3, -0.25) is 4.79 Å². The van der Waals surface area contributed by atoms with Crippen molar-refractivity contribution in [1.29, 1.82) is 0 Å². The third kappa shape index (κ3) is 8.99. The van der Waals surface area contributed by atoms with Crippen molar-refractivity contribution in [2.45, 2.75) is 12.8 Å².